The van der Waals surface area contributed by atoms with Crippen LogP contribution in [-0.4, -0.2) is 49.4 Å². The lowest BCUT2D eigenvalue weighted by atomic mass is 9.95. The van der Waals surface area contributed by atoms with Gasteiger partial charge in [-0.2, -0.15) is 14.7 Å². The van der Waals surface area contributed by atoms with E-state index in [2.05, 4.69) is 29.1 Å². The van der Waals surface area contributed by atoms with E-state index in [-0.39, 0.29) is 0 Å². The van der Waals surface area contributed by atoms with Crippen LogP contribution in [0.2, 0.25) is 0 Å². The summed E-state index contributed by atoms with van der Waals surface area (Å²) in [6.07, 6.45) is 8.06. The standard InChI is InChI=1S/C17H23N7/c1-3-23-11-13(8-19-23)14-9-20-24-16(18)7-15(21-17(14)24)12-5-4-6-22(2)10-12/h7-9,11-12H,3-6,10,18H2,1-2H3. The van der Waals surface area contributed by atoms with Crippen molar-refractivity contribution < 1.29 is 0 Å². The van der Waals surface area contributed by atoms with Crippen molar-refractivity contribution in [1.29, 1.82) is 0 Å². The van der Waals surface area contributed by atoms with Gasteiger partial charge in [0.15, 0.2) is 5.65 Å². The first kappa shape index (κ1) is 15.1. The van der Waals surface area contributed by atoms with Gasteiger partial charge >= 0.3 is 0 Å². The van der Waals surface area contributed by atoms with Gasteiger partial charge in [-0.15, -0.1) is 0 Å². The number of anilines is 1. The van der Waals surface area contributed by atoms with Gasteiger partial charge in [0.2, 0.25) is 0 Å². The molecule has 0 radical (unpaired) electrons. The van der Waals surface area contributed by atoms with Crippen molar-refractivity contribution in [3.8, 4) is 11.1 Å². The Morgan fingerprint density at radius 3 is 2.92 bits per heavy atom. The zero-order chi connectivity index (χ0) is 16.7. The quantitative estimate of drug-likeness (QED) is 0.797. The molecule has 4 heterocycles. The molecule has 0 amide bonds. The van der Waals surface area contributed by atoms with E-state index in [0.29, 0.717) is 11.7 Å². The highest BCUT2D eigenvalue weighted by molar-refractivity contribution is 5.77. The summed E-state index contributed by atoms with van der Waals surface area (Å²) in [7, 11) is 2.16. The molecule has 1 fully saturated rings. The van der Waals surface area contributed by atoms with Crippen LogP contribution in [0.15, 0.2) is 24.7 Å². The lowest BCUT2D eigenvalue weighted by Crippen LogP contribution is -2.31. The molecule has 0 aromatic carbocycles. The highest BCUT2D eigenvalue weighted by atomic mass is 15.3. The van der Waals surface area contributed by atoms with Crippen molar-refractivity contribution in [2.45, 2.75) is 32.2 Å². The Kier molecular flexibility index (Phi) is 3.72. The zero-order valence-electron chi connectivity index (χ0n) is 14.2. The number of aromatic nitrogens is 5. The van der Waals surface area contributed by atoms with Crippen LogP contribution in [0.5, 0.6) is 0 Å². The van der Waals surface area contributed by atoms with Crippen LogP contribution in [-0.2, 0) is 6.54 Å². The number of hydrogen-bond acceptors (Lipinski definition) is 5. The van der Waals surface area contributed by atoms with E-state index in [1.807, 2.05) is 29.3 Å². The molecule has 0 aliphatic carbocycles. The van der Waals surface area contributed by atoms with E-state index in [1.54, 1.807) is 4.52 Å². The Bertz CT molecular complexity index is 863. The van der Waals surface area contributed by atoms with Crippen molar-refractivity contribution >= 4 is 11.5 Å². The maximum absolute atomic E-state index is 6.25. The van der Waals surface area contributed by atoms with Gasteiger partial charge in [-0.25, -0.2) is 4.98 Å². The topological polar surface area (TPSA) is 77.3 Å². The summed E-state index contributed by atoms with van der Waals surface area (Å²) in [5.41, 5.74) is 10.1. The maximum Gasteiger partial charge on any atom is 0.165 e. The van der Waals surface area contributed by atoms with E-state index in [4.69, 9.17) is 10.7 Å². The normalized spacial score (nSPS) is 19.2. The second kappa shape index (κ2) is 5.90. The first-order valence-electron chi connectivity index (χ1n) is 8.51. The van der Waals surface area contributed by atoms with Crippen LogP contribution in [0.3, 0.4) is 0 Å². The van der Waals surface area contributed by atoms with Crippen molar-refractivity contribution in [3.63, 3.8) is 0 Å². The molecule has 126 valence electrons. The van der Waals surface area contributed by atoms with Gasteiger partial charge in [0, 0.05) is 42.4 Å². The van der Waals surface area contributed by atoms with Gasteiger partial charge in [-0.1, -0.05) is 0 Å². The minimum atomic E-state index is 0.428. The summed E-state index contributed by atoms with van der Waals surface area (Å²) in [6, 6.07) is 1.98. The average molecular weight is 325 g/mol. The molecular formula is C17H23N7. The molecule has 0 bridgehead atoms. The molecular weight excluding hydrogens is 302 g/mol. The van der Waals surface area contributed by atoms with Crippen LogP contribution in [0.4, 0.5) is 5.82 Å². The number of aryl methyl sites for hydroxylation is 1. The minimum absolute atomic E-state index is 0.428. The fourth-order valence-corrected chi connectivity index (χ4v) is 3.50. The number of nitrogens with zero attached hydrogens (tertiary/aromatic N) is 6. The lowest BCUT2D eigenvalue weighted by Gasteiger charge is -2.29. The summed E-state index contributed by atoms with van der Waals surface area (Å²) in [6.45, 7) is 5.09. The van der Waals surface area contributed by atoms with Gasteiger partial charge < -0.3 is 10.6 Å². The Balaban J connectivity index is 1.79. The van der Waals surface area contributed by atoms with Crippen LogP contribution in [0.1, 0.15) is 31.4 Å². The van der Waals surface area contributed by atoms with Gasteiger partial charge in [-0.05, 0) is 33.4 Å². The summed E-state index contributed by atoms with van der Waals surface area (Å²) in [5.74, 6) is 1.06. The number of piperidine rings is 1. The van der Waals surface area contributed by atoms with Crippen LogP contribution in [0.25, 0.3) is 16.8 Å². The van der Waals surface area contributed by atoms with E-state index in [1.165, 1.54) is 6.42 Å². The molecule has 3 aromatic rings. The van der Waals surface area contributed by atoms with Crippen molar-refractivity contribution in [2.75, 3.05) is 25.9 Å². The molecule has 1 saturated heterocycles. The molecule has 1 aliphatic heterocycles. The fraction of sp³-hybridized carbons (Fsp3) is 0.471. The molecule has 1 unspecified atom stereocenters. The third-order valence-corrected chi connectivity index (χ3v) is 4.83. The largest absolute Gasteiger partial charge is 0.384 e. The maximum atomic E-state index is 6.25. The Hall–Kier alpha value is -2.41. The fourth-order valence-electron chi connectivity index (χ4n) is 3.50. The Labute approximate surface area is 141 Å². The summed E-state index contributed by atoms with van der Waals surface area (Å²) < 4.78 is 3.62. The zero-order valence-corrected chi connectivity index (χ0v) is 14.2. The third-order valence-electron chi connectivity index (χ3n) is 4.83. The van der Waals surface area contributed by atoms with E-state index in [0.717, 1.165) is 48.5 Å². The number of likely N-dealkylation sites (tertiary alicyclic amines) is 1. The molecule has 4 rings (SSSR count). The van der Waals surface area contributed by atoms with Gasteiger partial charge in [0.25, 0.3) is 0 Å². The molecule has 0 spiro atoms. The number of nitrogens with two attached hydrogens (primary N) is 1. The summed E-state index contributed by atoms with van der Waals surface area (Å²) in [4.78, 5) is 7.28. The smallest absolute Gasteiger partial charge is 0.165 e. The van der Waals surface area contributed by atoms with E-state index >= 15 is 0 Å². The molecule has 24 heavy (non-hydrogen) atoms. The second-order valence-electron chi connectivity index (χ2n) is 6.59. The summed E-state index contributed by atoms with van der Waals surface area (Å²) >= 11 is 0. The Morgan fingerprint density at radius 2 is 2.17 bits per heavy atom. The predicted octanol–water partition coefficient (Wildman–Crippen LogP) is 2.00. The highest BCUT2D eigenvalue weighted by Crippen LogP contribution is 2.29. The molecule has 0 saturated carbocycles. The monoisotopic (exact) mass is 325 g/mol. The SMILES string of the molecule is CCn1cc(-c2cnn3c(N)cc(C4CCCN(C)C4)nc23)cn1. The molecule has 1 aliphatic rings. The van der Waals surface area contributed by atoms with Gasteiger partial charge in [-0.3, -0.25) is 4.68 Å². The lowest BCUT2D eigenvalue weighted by molar-refractivity contribution is 0.248. The molecule has 2 N–H and O–H groups in total. The van der Waals surface area contributed by atoms with Crippen molar-refractivity contribution in [1.82, 2.24) is 29.3 Å². The number of likely N-dealkylation sites (N-methyl/N-ethyl adjacent to an activating group) is 1. The Morgan fingerprint density at radius 1 is 1.29 bits per heavy atom. The summed E-state index contributed by atoms with van der Waals surface area (Å²) in [5, 5.41) is 8.77. The average Bonchev–Trinajstić information content (AvgIpc) is 3.21. The molecule has 7 nitrogen and oxygen atoms in total. The van der Waals surface area contributed by atoms with Crippen molar-refractivity contribution in [2.24, 2.45) is 0 Å². The van der Waals surface area contributed by atoms with Crippen LogP contribution in [0, 0.1) is 0 Å². The predicted molar refractivity (Wildman–Crippen MR) is 93.8 cm³/mol. The van der Waals surface area contributed by atoms with Crippen molar-refractivity contribution in [3.05, 3.63) is 30.4 Å². The number of hydrogen-bond donors (Lipinski definition) is 1. The first-order valence-corrected chi connectivity index (χ1v) is 8.51. The molecule has 3 aromatic heterocycles. The van der Waals surface area contributed by atoms with E-state index < -0.39 is 0 Å². The molecule has 7 heteroatoms. The number of nitrogen functional groups attached to an aromatic ring is 1. The number of fused-ring (bicyclic) bond motifs is 1. The number of rotatable bonds is 3. The second-order valence-corrected chi connectivity index (χ2v) is 6.59. The minimum Gasteiger partial charge on any atom is -0.384 e. The van der Waals surface area contributed by atoms with Crippen LogP contribution >= 0.6 is 0 Å². The van der Waals surface area contributed by atoms with Gasteiger partial charge in [0.1, 0.15) is 5.82 Å². The third kappa shape index (κ3) is 2.54. The van der Waals surface area contributed by atoms with E-state index in [9.17, 15) is 0 Å². The highest BCUT2D eigenvalue weighted by Gasteiger charge is 2.22. The van der Waals surface area contributed by atoms with Gasteiger partial charge in [0.05, 0.1) is 18.1 Å². The van der Waals surface area contributed by atoms with Crippen LogP contribution < -0.4 is 5.73 Å². The molecule has 1 atom stereocenters. The first-order chi connectivity index (χ1) is 11.7.